The van der Waals surface area contributed by atoms with Gasteiger partial charge in [0.05, 0.1) is 5.52 Å². The third kappa shape index (κ3) is 2.28. The number of aromatic hydroxyl groups is 1. The Balaban J connectivity index is 2.04. The highest BCUT2D eigenvalue weighted by Gasteiger charge is 2.01. The lowest BCUT2D eigenvalue weighted by molar-refractivity contribution is 0.476. The first-order valence-electron chi connectivity index (χ1n) is 5.88. The minimum atomic E-state index is 0.111. The van der Waals surface area contributed by atoms with Crippen LogP contribution in [0, 0.1) is 0 Å². The largest absolute Gasteiger partial charge is 0.506 e. The first-order chi connectivity index (χ1) is 9.34. The second kappa shape index (κ2) is 4.86. The van der Waals surface area contributed by atoms with Crippen LogP contribution in [0.25, 0.3) is 10.9 Å². The smallest absolute Gasteiger partial charge is 0.143 e. The molecule has 3 rings (SSSR count). The maximum Gasteiger partial charge on any atom is 0.143 e. The standard InChI is InChI=1S/C15H11N3O/c19-14-9-2-1-7-12(14)17-18-13-8-3-5-11-6-4-10-16-15(11)13/h1-10,19H. The van der Waals surface area contributed by atoms with Gasteiger partial charge in [-0.2, -0.15) is 0 Å². The number of pyridine rings is 1. The third-order valence-electron chi connectivity index (χ3n) is 2.76. The fraction of sp³-hybridized carbons (Fsp3) is 0. The number of benzene rings is 2. The zero-order valence-electron chi connectivity index (χ0n) is 10.1. The molecular formula is C15H11N3O. The Labute approximate surface area is 110 Å². The summed E-state index contributed by atoms with van der Waals surface area (Å²) in [5.41, 5.74) is 1.92. The van der Waals surface area contributed by atoms with Crippen molar-refractivity contribution in [3.05, 3.63) is 60.8 Å². The van der Waals surface area contributed by atoms with Crippen molar-refractivity contribution in [3.63, 3.8) is 0 Å². The Morgan fingerprint density at radius 1 is 0.789 bits per heavy atom. The molecule has 0 fully saturated rings. The van der Waals surface area contributed by atoms with Crippen molar-refractivity contribution >= 4 is 22.3 Å². The number of fused-ring (bicyclic) bond motifs is 1. The van der Waals surface area contributed by atoms with Crippen LogP contribution < -0.4 is 0 Å². The number of hydrogen-bond donors (Lipinski definition) is 1. The molecule has 1 aromatic heterocycles. The van der Waals surface area contributed by atoms with E-state index in [1.807, 2.05) is 30.3 Å². The van der Waals surface area contributed by atoms with Gasteiger partial charge in [0.15, 0.2) is 0 Å². The molecule has 0 saturated heterocycles. The summed E-state index contributed by atoms with van der Waals surface area (Å²) in [5.74, 6) is 0.111. The van der Waals surface area contributed by atoms with E-state index in [9.17, 15) is 5.11 Å². The van der Waals surface area contributed by atoms with E-state index in [0.29, 0.717) is 11.4 Å². The molecule has 0 aliphatic rings. The summed E-state index contributed by atoms with van der Waals surface area (Å²) in [6.45, 7) is 0. The van der Waals surface area contributed by atoms with Gasteiger partial charge in [-0.15, -0.1) is 10.2 Å². The molecule has 0 bridgehead atoms. The minimum absolute atomic E-state index is 0.111. The van der Waals surface area contributed by atoms with Crippen LogP contribution in [0.4, 0.5) is 11.4 Å². The van der Waals surface area contributed by atoms with Crippen molar-refractivity contribution in [1.29, 1.82) is 0 Å². The highest BCUT2D eigenvalue weighted by Crippen LogP contribution is 2.29. The molecule has 92 valence electrons. The molecule has 4 nitrogen and oxygen atoms in total. The predicted octanol–water partition coefficient (Wildman–Crippen LogP) is 4.36. The fourth-order valence-electron chi connectivity index (χ4n) is 1.83. The molecule has 1 heterocycles. The first-order valence-corrected chi connectivity index (χ1v) is 5.88. The molecule has 4 heteroatoms. The van der Waals surface area contributed by atoms with Crippen molar-refractivity contribution in [1.82, 2.24) is 4.98 Å². The van der Waals surface area contributed by atoms with E-state index in [4.69, 9.17) is 0 Å². The van der Waals surface area contributed by atoms with Crippen molar-refractivity contribution in [2.45, 2.75) is 0 Å². The molecule has 0 saturated carbocycles. The number of aromatic nitrogens is 1. The van der Waals surface area contributed by atoms with Crippen LogP contribution in [0.1, 0.15) is 0 Å². The molecule has 0 aliphatic carbocycles. The highest BCUT2D eigenvalue weighted by molar-refractivity contribution is 5.88. The van der Waals surface area contributed by atoms with Crippen LogP contribution in [-0.4, -0.2) is 10.1 Å². The molecule has 2 aromatic carbocycles. The topological polar surface area (TPSA) is 57.8 Å². The van der Waals surface area contributed by atoms with Gasteiger partial charge in [-0.05, 0) is 24.3 Å². The average Bonchev–Trinajstić information content (AvgIpc) is 2.46. The van der Waals surface area contributed by atoms with Gasteiger partial charge in [0.2, 0.25) is 0 Å². The highest BCUT2D eigenvalue weighted by atomic mass is 16.3. The van der Waals surface area contributed by atoms with E-state index >= 15 is 0 Å². The van der Waals surface area contributed by atoms with E-state index in [1.165, 1.54) is 0 Å². The number of hydrogen-bond acceptors (Lipinski definition) is 4. The molecule has 0 radical (unpaired) electrons. The van der Waals surface area contributed by atoms with E-state index in [2.05, 4.69) is 15.2 Å². The third-order valence-corrected chi connectivity index (χ3v) is 2.76. The van der Waals surface area contributed by atoms with E-state index < -0.39 is 0 Å². The van der Waals surface area contributed by atoms with E-state index in [0.717, 1.165) is 10.9 Å². The molecule has 1 N–H and O–H groups in total. The van der Waals surface area contributed by atoms with Crippen LogP contribution in [0.3, 0.4) is 0 Å². The summed E-state index contributed by atoms with van der Waals surface area (Å²) >= 11 is 0. The van der Waals surface area contributed by atoms with Gasteiger partial charge in [-0.3, -0.25) is 4.98 Å². The minimum Gasteiger partial charge on any atom is -0.506 e. The summed E-state index contributed by atoms with van der Waals surface area (Å²) in [6, 6.07) is 16.4. The lowest BCUT2D eigenvalue weighted by Crippen LogP contribution is -1.77. The van der Waals surface area contributed by atoms with Crippen LogP contribution in [-0.2, 0) is 0 Å². The summed E-state index contributed by atoms with van der Waals surface area (Å²) in [5, 5.41) is 18.9. The van der Waals surface area contributed by atoms with Gasteiger partial charge >= 0.3 is 0 Å². The summed E-state index contributed by atoms with van der Waals surface area (Å²) in [6.07, 6.45) is 1.72. The van der Waals surface area contributed by atoms with Gasteiger partial charge in [-0.1, -0.05) is 30.3 Å². The van der Waals surface area contributed by atoms with Crippen molar-refractivity contribution < 1.29 is 5.11 Å². The second-order valence-electron chi connectivity index (χ2n) is 4.04. The molecule has 0 unspecified atom stereocenters. The molecular weight excluding hydrogens is 238 g/mol. The van der Waals surface area contributed by atoms with Gasteiger partial charge in [0.1, 0.15) is 17.1 Å². The molecule has 19 heavy (non-hydrogen) atoms. The Morgan fingerprint density at radius 2 is 1.53 bits per heavy atom. The summed E-state index contributed by atoms with van der Waals surface area (Å²) < 4.78 is 0. The maximum atomic E-state index is 9.63. The predicted molar refractivity (Wildman–Crippen MR) is 74.0 cm³/mol. The van der Waals surface area contributed by atoms with Crippen LogP contribution in [0.2, 0.25) is 0 Å². The number of azo groups is 1. The lowest BCUT2D eigenvalue weighted by atomic mass is 10.2. The van der Waals surface area contributed by atoms with Crippen LogP contribution in [0.5, 0.6) is 5.75 Å². The van der Waals surface area contributed by atoms with E-state index in [-0.39, 0.29) is 5.75 Å². The zero-order chi connectivity index (χ0) is 13.1. The number of rotatable bonds is 2. The molecule has 0 spiro atoms. The molecule has 0 amide bonds. The summed E-state index contributed by atoms with van der Waals surface area (Å²) in [4.78, 5) is 4.30. The SMILES string of the molecule is Oc1ccccc1N=Nc1cccc2cccnc12. The Kier molecular flexibility index (Phi) is 2.90. The Morgan fingerprint density at radius 3 is 2.42 bits per heavy atom. The molecule has 0 atom stereocenters. The molecule has 0 aliphatic heterocycles. The monoisotopic (exact) mass is 249 g/mol. The lowest BCUT2D eigenvalue weighted by Gasteiger charge is -2.00. The van der Waals surface area contributed by atoms with Crippen LogP contribution >= 0.6 is 0 Å². The van der Waals surface area contributed by atoms with Gasteiger partial charge in [0.25, 0.3) is 0 Å². The van der Waals surface area contributed by atoms with Gasteiger partial charge in [0, 0.05) is 11.6 Å². The van der Waals surface area contributed by atoms with Crippen molar-refractivity contribution in [3.8, 4) is 5.75 Å². The van der Waals surface area contributed by atoms with Crippen LogP contribution in [0.15, 0.2) is 71.0 Å². The number of nitrogens with zero attached hydrogens (tertiary/aromatic N) is 3. The zero-order valence-corrected chi connectivity index (χ0v) is 10.1. The quantitative estimate of drug-likeness (QED) is 0.686. The maximum absolute atomic E-state index is 9.63. The normalized spacial score (nSPS) is 11.2. The fourth-order valence-corrected chi connectivity index (χ4v) is 1.83. The number of para-hydroxylation sites is 2. The Bertz CT molecular complexity index is 748. The number of phenolic OH excluding ortho intramolecular Hbond substituents is 1. The van der Waals surface area contributed by atoms with E-state index in [1.54, 1.807) is 30.5 Å². The van der Waals surface area contributed by atoms with Crippen molar-refractivity contribution in [2.24, 2.45) is 10.2 Å². The first kappa shape index (κ1) is 11.3. The van der Waals surface area contributed by atoms with Gasteiger partial charge in [-0.25, -0.2) is 0 Å². The number of phenols is 1. The Hall–Kier alpha value is -2.75. The van der Waals surface area contributed by atoms with Gasteiger partial charge < -0.3 is 5.11 Å². The molecule has 3 aromatic rings. The summed E-state index contributed by atoms with van der Waals surface area (Å²) in [7, 11) is 0. The second-order valence-corrected chi connectivity index (χ2v) is 4.04. The van der Waals surface area contributed by atoms with Crippen molar-refractivity contribution in [2.75, 3.05) is 0 Å². The average molecular weight is 249 g/mol.